The van der Waals surface area contributed by atoms with Crippen LogP contribution in [0.2, 0.25) is 0 Å². The summed E-state index contributed by atoms with van der Waals surface area (Å²) in [6.45, 7) is 7.54. The summed E-state index contributed by atoms with van der Waals surface area (Å²) in [7, 11) is 0. The van der Waals surface area contributed by atoms with Crippen molar-refractivity contribution >= 4 is 5.96 Å². The van der Waals surface area contributed by atoms with E-state index in [4.69, 9.17) is 16.3 Å². The molecule has 1 atom stereocenters. The molecule has 1 heterocycles. The third-order valence-corrected chi connectivity index (χ3v) is 2.03. The zero-order valence-corrected chi connectivity index (χ0v) is 8.45. The molecule has 0 aliphatic carbocycles. The van der Waals surface area contributed by atoms with Gasteiger partial charge in [0.1, 0.15) is 0 Å². The second-order valence-corrected chi connectivity index (χ2v) is 4.06. The largest absolute Gasteiger partial charge is 0.369 e. The molecule has 1 unspecified atom stereocenters. The monoisotopic (exact) mass is 186 g/mol. The standard InChI is InChI=1S/C8H18N4O/c1-6-4-12(7(9)11-10)5-8(2,3)13-6/h6H,4-5,10H2,1-3H3,(H2,9,11). The number of nitrogens with zero attached hydrogens (tertiary/aromatic N) is 2. The fraction of sp³-hybridized carbons (Fsp3) is 0.875. The van der Waals surface area contributed by atoms with Crippen LogP contribution < -0.4 is 11.6 Å². The van der Waals surface area contributed by atoms with Crippen LogP contribution in [0.3, 0.4) is 0 Å². The Morgan fingerprint density at radius 3 is 2.69 bits per heavy atom. The van der Waals surface area contributed by atoms with Crippen LogP contribution in [0, 0.1) is 0 Å². The number of ether oxygens (including phenoxy) is 1. The fourth-order valence-corrected chi connectivity index (χ4v) is 1.71. The average Bonchev–Trinajstić information content (AvgIpc) is 1.99. The summed E-state index contributed by atoms with van der Waals surface area (Å²) < 4.78 is 5.71. The molecule has 1 saturated heterocycles. The molecule has 0 aromatic carbocycles. The lowest BCUT2D eigenvalue weighted by Gasteiger charge is -2.41. The van der Waals surface area contributed by atoms with E-state index >= 15 is 0 Å². The molecule has 0 radical (unpaired) electrons. The molecule has 0 spiro atoms. The van der Waals surface area contributed by atoms with E-state index in [2.05, 4.69) is 5.10 Å². The van der Waals surface area contributed by atoms with Crippen LogP contribution in [-0.2, 0) is 4.74 Å². The highest BCUT2D eigenvalue weighted by Gasteiger charge is 2.32. The molecule has 1 aliphatic rings. The second kappa shape index (κ2) is 3.41. The normalized spacial score (nSPS) is 29.0. The Morgan fingerprint density at radius 1 is 1.62 bits per heavy atom. The quantitative estimate of drug-likeness (QED) is 0.235. The molecule has 76 valence electrons. The van der Waals surface area contributed by atoms with Gasteiger partial charge >= 0.3 is 0 Å². The molecule has 1 aliphatic heterocycles. The van der Waals surface area contributed by atoms with E-state index < -0.39 is 0 Å². The number of nitrogens with two attached hydrogens (primary N) is 2. The van der Waals surface area contributed by atoms with E-state index in [-0.39, 0.29) is 11.7 Å². The van der Waals surface area contributed by atoms with Crippen LogP contribution in [0.5, 0.6) is 0 Å². The van der Waals surface area contributed by atoms with Gasteiger partial charge in [0.2, 0.25) is 5.96 Å². The van der Waals surface area contributed by atoms with Crippen molar-refractivity contribution in [2.45, 2.75) is 32.5 Å². The maximum atomic E-state index is 5.71. The van der Waals surface area contributed by atoms with Crippen LogP contribution in [-0.4, -0.2) is 35.7 Å². The molecule has 0 saturated carbocycles. The van der Waals surface area contributed by atoms with Crippen LogP contribution in [0.15, 0.2) is 5.10 Å². The van der Waals surface area contributed by atoms with Gasteiger partial charge in [-0.1, -0.05) is 0 Å². The molecular formula is C8H18N4O. The molecule has 1 fully saturated rings. The van der Waals surface area contributed by atoms with Crippen molar-refractivity contribution in [2.24, 2.45) is 16.7 Å². The number of guanidine groups is 1. The van der Waals surface area contributed by atoms with Gasteiger partial charge in [-0.2, -0.15) is 0 Å². The van der Waals surface area contributed by atoms with E-state index in [1.54, 1.807) is 0 Å². The summed E-state index contributed by atoms with van der Waals surface area (Å²) >= 11 is 0. The number of hydrazone groups is 1. The molecular weight excluding hydrogens is 168 g/mol. The molecule has 5 heteroatoms. The molecule has 0 aromatic heterocycles. The molecule has 0 aromatic rings. The van der Waals surface area contributed by atoms with Crippen LogP contribution in [0.25, 0.3) is 0 Å². The highest BCUT2D eigenvalue weighted by molar-refractivity contribution is 5.77. The van der Waals surface area contributed by atoms with Crippen molar-refractivity contribution in [3.63, 3.8) is 0 Å². The summed E-state index contributed by atoms with van der Waals surface area (Å²) in [5.74, 6) is 5.50. The Bertz CT molecular complexity index is 214. The first-order valence-corrected chi connectivity index (χ1v) is 4.41. The Morgan fingerprint density at radius 2 is 2.23 bits per heavy atom. The van der Waals surface area contributed by atoms with Gasteiger partial charge in [-0.05, 0) is 20.8 Å². The Kier molecular flexibility index (Phi) is 2.66. The van der Waals surface area contributed by atoms with E-state index in [9.17, 15) is 0 Å². The first kappa shape index (κ1) is 10.1. The predicted octanol–water partition coefficient (Wildman–Crippen LogP) is -0.326. The summed E-state index contributed by atoms with van der Waals surface area (Å²) in [4.78, 5) is 1.94. The summed E-state index contributed by atoms with van der Waals surface area (Å²) in [5.41, 5.74) is 5.44. The third kappa shape index (κ3) is 2.48. The number of rotatable bonds is 0. The lowest BCUT2D eigenvalue weighted by Crippen LogP contribution is -2.55. The summed E-state index contributed by atoms with van der Waals surface area (Å²) in [6.07, 6.45) is 0.157. The summed E-state index contributed by atoms with van der Waals surface area (Å²) in [5, 5.41) is 3.48. The zero-order chi connectivity index (χ0) is 10.1. The van der Waals surface area contributed by atoms with Crippen LogP contribution in [0.1, 0.15) is 20.8 Å². The lowest BCUT2D eigenvalue weighted by atomic mass is 10.1. The van der Waals surface area contributed by atoms with Gasteiger partial charge in [-0.3, -0.25) is 0 Å². The predicted molar refractivity (Wildman–Crippen MR) is 52.0 cm³/mol. The smallest absolute Gasteiger partial charge is 0.213 e. The molecule has 0 amide bonds. The number of morpholine rings is 1. The number of hydrogen-bond acceptors (Lipinski definition) is 3. The Balaban J connectivity index is 2.68. The molecule has 13 heavy (non-hydrogen) atoms. The molecule has 4 N–H and O–H groups in total. The average molecular weight is 186 g/mol. The Labute approximate surface area is 78.7 Å². The third-order valence-electron chi connectivity index (χ3n) is 2.03. The molecule has 0 bridgehead atoms. The topological polar surface area (TPSA) is 76.9 Å². The van der Waals surface area contributed by atoms with E-state index in [0.29, 0.717) is 5.96 Å². The van der Waals surface area contributed by atoms with Gasteiger partial charge in [-0.25, -0.2) is 0 Å². The summed E-state index contributed by atoms with van der Waals surface area (Å²) in [6, 6.07) is 0. The van der Waals surface area contributed by atoms with Gasteiger partial charge in [0.15, 0.2) is 0 Å². The highest BCUT2D eigenvalue weighted by Crippen LogP contribution is 2.20. The van der Waals surface area contributed by atoms with E-state index in [1.165, 1.54) is 0 Å². The Hall–Kier alpha value is -0.970. The maximum Gasteiger partial charge on any atom is 0.213 e. The van der Waals surface area contributed by atoms with Crippen molar-refractivity contribution < 1.29 is 4.74 Å². The van der Waals surface area contributed by atoms with Crippen molar-refractivity contribution in [1.82, 2.24) is 4.90 Å². The van der Waals surface area contributed by atoms with Crippen molar-refractivity contribution in [1.29, 1.82) is 0 Å². The second-order valence-electron chi connectivity index (χ2n) is 4.06. The fourth-order valence-electron chi connectivity index (χ4n) is 1.71. The van der Waals surface area contributed by atoms with E-state index in [1.807, 2.05) is 25.7 Å². The number of hydrogen-bond donors (Lipinski definition) is 2. The van der Waals surface area contributed by atoms with Gasteiger partial charge < -0.3 is 21.2 Å². The lowest BCUT2D eigenvalue weighted by molar-refractivity contribution is -0.113. The highest BCUT2D eigenvalue weighted by atomic mass is 16.5. The molecule has 5 nitrogen and oxygen atoms in total. The van der Waals surface area contributed by atoms with Gasteiger partial charge in [-0.15, -0.1) is 5.10 Å². The van der Waals surface area contributed by atoms with Crippen molar-refractivity contribution in [3.05, 3.63) is 0 Å². The minimum absolute atomic E-state index is 0.157. The first-order valence-electron chi connectivity index (χ1n) is 4.41. The zero-order valence-electron chi connectivity index (χ0n) is 8.45. The maximum absolute atomic E-state index is 5.71. The van der Waals surface area contributed by atoms with Gasteiger partial charge in [0.25, 0.3) is 0 Å². The van der Waals surface area contributed by atoms with Gasteiger partial charge in [0, 0.05) is 13.1 Å². The van der Waals surface area contributed by atoms with Crippen LogP contribution in [0.4, 0.5) is 0 Å². The minimum Gasteiger partial charge on any atom is -0.369 e. The SMILES string of the molecule is CC1CN(C(N)=NN)CC(C)(C)O1. The van der Waals surface area contributed by atoms with Crippen molar-refractivity contribution in [3.8, 4) is 0 Å². The van der Waals surface area contributed by atoms with E-state index in [0.717, 1.165) is 13.1 Å². The van der Waals surface area contributed by atoms with Crippen LogP contribution >= 0.6 is 0 Å². The van der Waals surface area contributed by atoms with Gasteiger partial charge in [0.05, 0.1) is 11.7 Å². The molecule has 1 rings (SSSR count). The minimum atomic E-state index is -0.188. The first-order chi connectivity index (χ1) is 5.94. The van der Waals surface area contributed by atoms with Crippen molar-refractivity contribution in [2.75, 3.05) is 13.1 Å².